The maximum absolute atomic E-state index is 13.5. The summed E-state index contributed by atoms with van der Waals surface area (Å²) in [6.45, 7) is 0.221. The summed E-state index contributed by atoms with van der Waals surface area (Å²) in [6, 6.07) is 8.44. The summed E-state index contributed by atoms with van der Waals surface area (Å²) in [7, 11) is 0. The lowest BCUT2D eigenvalue weighted by Gasteiger charge is -2.29. The molecule has 0 aliphatic carbocycles. The second kappa shape index (κ2) is 8.95. The Bertz CT molecular complexity index is 1390. The van der Waals surface area contributed by atoms with Crippen LogP contribution in [0.2, 0.25) is 0 Å². The number of aromatic nitrogens is 3. The van der Waals surface area contributed by atoms with Crippen molar-refractivity contribution in [3.8, 4) is 5.69 Å². The molecule has 1 atom stereocenters. The van der Waals surface area contributed by atoms with Crippen LogP contribution in [0.3, 0.4) is 0 Å². The smallest absolute Gasteiger partial charge is 0.277 e. The quantitative estimate of drug-likeness (QED) is 0.411. The first-order chi connectivity index (χ1) is 16.8. The van der Waals surface area contributed by atoms with Gasteiger partial charge in [0, 0.05) is 23.4 Å². The topological polar surface area (TPSA) is 126 Å². The molecule has 0 radical (unpaired) electrons. The largest absolute Gasteiger partial charge is 0.322 e. The molecule has 5 rings (SSSR count). The van der Waals surface area contributed by atoms with Gasteiger partial charge >= 0.3 is 0 Å². The van der Waals surface area contributed by atoms with E-state index in [2.05, 4.69) is 20.9 Å². The standard InChI is InChI=1S/C23H19FN6O4S/c1-35-19-9-13(24)2-5-16(19)25-21(32)17-11-30(28-27-17)14-3-4-15-12(8-14)10-29(23(15)34)18-6-7-20(31)26-22(18)33/h2-5,8-9,11,18H,6-7,10H2,1H3,(H,25,32)(H,26,31,33). The number of hydrogen-bond acceptors (Lipinski definition) is 7. The lowest BCUT2D eigenvalue weighted by atomic mass is 10.0. The van der Waals surface area contributed by atoms with Gasteiger partial charge in [-0.25, -0.2) is 9.07 Å². The molecule has 1 aromatic heterocycles. The zero-order chi connectivity index (χ0) is 24.7. The first-order valence-corrected chi connectivity index (χ1v) is 11.9. The van der Waals surface area contributed by atoms with Crippen LogP contribution in [0.25, 0.3) is 5.69 Å². The van der Waals surface area contributed by atoms with E-state index < -0.39 is 23.7 Å². The number of hydrogen-bond donors (Lipinski definition) is 2. The maximum atomic E-state index is 13.5. The van der Waals surface area contributed by atoms with E-state index in [4.69, 9.17) is 0 Å². The van der Waals surface area contributed by atoms with Crippen molar-refractivity contribution in [3.05, 3.63) is 65.2 Å². The van der Waals surface area contributed by atoms with E-state index in [9.17, 15) is 23.6 Å². The van der Waals surface area contributed by atoms with Crippen molar-refractivity contribution in [2.45, 2.75) is 30.3 Å². The molecular formula is C23H19FN6O4S. The molecule has 2 aliphatic rings. The lowest BCUT2D eigenvalue weighted by molar-refractivity contribution is -0.136. The van der Waals surface area contributed by atoms with E-state index in [0.29, 0.717) is 27.4 Å². The molecule has 2 aliphatic heterocycles. The summed E-state index contributed by atoms with van der Waals surface area (Å²) in [5, 5.41) is 12.9. The van der Waals surface area contributed by atoms with E-state index in [-0.39, 0.29) is 36.9 Å². The average molecular weight is 495 g/mol. The molecule has 1 saturated heterocycles. The van der Waals surface area contributed by atoms with Crippen LogP contribution in [0.4, 0.5) is 10.1 Å². The predicted molar refractivity (Wildman–Crippen MR) is 124 cm³/mol. The first kappa shape index (κ1) is 22.7. The highest BCUT2D eigenvalue weighted by Crippen LogP contribution is 2.29. The number of benzene rings is 2. The molecule has 10 nitrogen and oxygen atoms in total. The fraction of sp³-hybridized carbons (Fsp3) is 0.217. The molecule has 35 heavy (non-hydrogen) atoms. The van der Waals surface area contributed by atoms with Crippen molar-refractivity contribution in [3.63, 3.8) is 0 Å². The summed E-state index contributed by atoms with van der Waals surface area (Å²) < 4.78 is 14.9. The number of thioether (sulfide) groups is 1. The Kier molecular flexibility index (Phi) is 5.81. The molecular weight excluding hydrogens is 475 g/mol. The van der Waals surface area contributed by atoms with E-state index in [1.165, 1.54) is 45.7 Å². The summed E-state index contributed by atoms with van der Waals surface area (Å²) in [5.74, 6) is -1.99. The fourth-order valence-corrected chi connectivity index (χ4v) is 4.72. The predicted octanol–water partition coefficient (Wildman–Crippen LogP) is 2.14. The molecule has 2 aromatic carbocycles. The first-order valence-electron chi connectivity index (χ1n) is 10.7. The van der Waals surface area contributed by atoms with Gasteiger partial charge in [-0.2, -0.15) is 0 Å². The minimum Gasteiger partial charge on any atom is -0.322 e. The third-order valence-corrected chi connectivity index (χ3v) is 6.69. The van der Waals surface area contributed by atoms with E-state index in [1.807, 2.05) is 0 Å². The molecule has 1 fully saturated rings. The minimum atomic E-state index is -0.699. The maximum Gasteiger partial charge on any atom is 0.277 e. The molecule has 0 bridgehead atoms. The highest BCUT2D eigenvalue weighted by atomic mass is 32.2. The Balaban J connectivity index is 1.33. The number of amides is 4. The number of piperidine rings is 1. The monoisotopic (exact) mass is 494 g/mol. The van der Waals surface area contributed by atoms with Gasteiger partial charge in [-0.05, 0) is 54.6 Å². The number of anilines is 1. The Morgan fingerprint density at radius 3 is 2.80 bits per heavy atom. The fourth-order valence-electron chi connectivity index (χ4n) is 4.15. The lowest BCUT2D eigenvalue weighted by Crippen LogP contribution is -2.52. The van der Waals surface area contributed by atoms with Gasteiger partial charge in [-0.3, -0.25) is 24.5 Å². The number of imide groups is 1. The van der Waals surface area contributed by atoms with Crippen LogP contribution in [-0.4, -0.2) is 55.8 Å². The third-order valence-electron chi connectivity index (χ3n) is 5.91. The van der Waals surface area contributed by atoms with Crippen LogP contribution in [0.5, 0.6) is 0 Å². The highest BCUT2D eigenvalue weighted by Gasteiger charge is 2.39. The Hall–Kier alpha value is -4.06. The van der Waals surface area contributed by atoms with Gasteiger partial charge in [0.15, 0.2) is 5.69 Å². The number of nitrogens with one attached hydrogen (secondary N) is 2. The second-order valence-electron chi connectivity index (χ2n) is 8.09. The van der Waals surface area contributed by atoms with Crippen molar-refractivity contribution in [2.75, 3.05) is 11.6 Å². The van der Waals surface area contributed by atoms with Crippen molar-refractivity contribution in [2.24, 2.45) is 0 Å². The number of fused-ring (bicyclic) bond motifs is 1. The van der Waals surface area contributed by atoms with Crippen molar-refractivity contribution < 1.29 is 23.6 Å². The van der Waals surface area contributed by atoms with Crippen LogP contribution in [0, 0.1) is 5.82 Å². The number of rotatable bonds is 5. The Morgan fingerprint density at radius 2 is 2.03 bits per heavy atom. The van der Waals surface area contributed by atoms with Crippen LogP contribution in [0.1, 0.15) is 39.3 Å². The van der Waals surface area contributed by atoms with Gasteiger partial charge < -0.3 is 10.2 Å². The molecule has 12 heteroatoms. The normalized spacial score (nSPS) is 17.4. The van der Waals surface area contributed by atoms with Gasteiger partial charge in [-0.15, -0.1) is 16.9 Å². The van der Waals surface area contributed by atoms with Crippen LogP contribution < -0.4 is 10.6 Å². The summed E-state index contributed by atoms with van der Waals surface area (Å²) >= 11 is 1.30. The Labute approximate surface area is 202 Å². The molecule has 3 heterocycles. The number of nitrogens with zero attached hydrogens (tertiary/aromatic N) is 4. The molecule has 4 amide bonds. The van der Waals surface area contributed by atoms with Crippen molar-refractivity contribution in [1.82, 2.24) is 25.2 Å². The summed E-state index contributed by atoms with van der Waals surface area (Å²) in [4.78, 5) is 51.2. The van der Waals surface area contributed by atoms with E-state index in [1.54, 1.807) is 24.5 Å². The zero-order valence-corrected chi connectivity index (χ0v) is 19.3. The molecule has 3 aromatic rings. The summed E-state index contributed by atoms with van der Waals surface area (Å²) in [5.41, 5.74) is 2.28. The molecule has 178 valence electrons. The van der Waals surface area contributed by atoms with Gasteiger partial charge in [0.25, 0.3) is 11.8 Å². The average Bonchev–Trinajstić information content (AvgIpc) is 3.45. The number of carbonyl (C=O) groups excluding carboxylic acids is 4. The Morgan fingerprint density at radius 1 is 1.20 bits per heavy atom. The van der Waals surface area contributed by atoms with E-state index >= 15 is 0 Å². The van der Waals surface area contributed by atoms with Gasteiger partial charge in [0.1, 0.15) is 11.9 Å². The van der Waals surface area contributed by atoms with Crippen LogP contribution >= 0.6 is 11.8 Å². The van der Waals surface area contributed by atoms with E-state index in [0.717, 1.165) is 0 Å². The van der Waals surface area contributed by atoms with Gasteiger partial charge in [-0.1, -0.05) is 5.21 Å². The van der Waals surface area contributed by atoms with Crippen molar-refractivity contribution >= 4 is 41.1 Å². The third kappa shape index (κ3) is 4.28. The molecule has 0 saturated carbocycles. The SMILES string of the molecule is CSc1cc(F)ccc1NC(=O)c1cn(-c2ccc3c(c2)CN(C2CCC(=O)NC2=O)C3=O)nn1. The van der Waals surface area contributed by atoms with Gasteiger partial charge in [0.2, 0.25) is 11.8 Å². The molecule has 0 spiro atoms. The molecule has 2 N–H and O–H groups in total. The molecule has 1 unspecified atom stereocenters. The highest BCUT2D eigenvalue weighted by molar-refractivity contribution is 7.98. The van der Waals surface area contributed by atoms with Gasteiger partial charge in [0.05, 0.1) is 17.6 Å². The number of halogens is 1. The second-order valence-corrected chi connectivity index (χ2v) is 8.94. The minimum absolute atomic E-state index is 0.0584. The number of carbonyl (C=O) groups is 4. The van der Waals surface area contributed by atoms with Crippen LogP contribution in [0.15, 0.2) is 47.5 Å². The zero-order valence-electron chi connectivity index (χ0n) is 18.4. The van der Waals surface area contributed by atoms with Crippen LogP contribution in [-0.2, 0) is 16.1 Å². The summed E-state index contributed by atoms with van der Waals surface area (Å²) in [6.07, 6.45) is 3.70. The van der Waals surface area contributed by atoms with Crippen molar-refractivity contribution in [1.29, 1.82) is 0 Å².